The number of alkyl halides is 3. The van der Waals surface area contributed by atoms with Crippen molar-refractivity contribution in [2.45, 2.75) is 31.1 Å². The Kier molecular flexibility index (Phi) is 3.64. The molecule has 0 bridgehead atoms. The number of hydrogen-bond donors (Lipinski definition) is 1. The van der Waals surface area contributed by atoms with Gasteiger partial charge in [0.05, 0.1) is 6.61 Å². The van der Waals surface area contributed by atoms with Gasteiger partial charge in [-0.15, -0.1) is 0 Å². The molecule has 5 heteroatoms. The minimum Gasteiger partial charge on any atom is -0.379 e. The van der Waals surface area contributed by atoms with Gasteiger partial charge in [0, 0.05) is 19.1 Å². The van der Waals surface area contributed by atoms with Gasteiger partial charge in [-0.3, -0.25) is 5.32 Å². The number of benzene rings is 1. The van der Waals surface area contributed by atoms with Crippen molar-refractivity contribution >= 4 is 0 Å². The molecule has 1 aliphatic heterocycles. The van der Waals surface area contributed by atoms with E-state index >= 15 is 0 Å². The molecule has 1 heterocycles. The summed E-state index contributed by atoms with van der Waals surface area (Å²) in [5.41, 5.74) is -1.07. The van der Waals surface area contributed by atoms with Crippen LogP contribution in [0.25, 0.3) is 0 Å². The molecular weight excluding hydrogens is 243 g/mol. The van der Waals surface area contributed by atoms with Crippen LogP contribution in [-0.4, -0.2) is 24.9 Å². The average molecular weight is 259 g/mol. The lowest BCUT2D eigenvalue weighted by molar-refractivity contribution is -0.198. The average Bonchev–Trinajstić information content (AvgIpc) is 2.79. The zero-order valence-corrected chi connectivity index (χ0v) is 10.1. The Labute approximate surface area is 104 Å². The summed E-state index contributed by atoms with van der Waals surface area (Å²) >= 11 is 0. The van der Waals surface area contributed by atoms with E-state index in [1.165, 1.54) is 0 Å². The molecule has 2 atom stereocenters. The van der Waals surface area contributed by atoms with Crippen molar-refractivity contribution in [3.63, 3.8) is 0 Å². The van der Waals surface area contributed by atoms with E-state index < -0.39 is 11.7 Å². The van der Waals surface area contributed by atoms with E-state index in [0.717, 1.165) is 5.56 Å². The quantitative estimate of drug-likeness (QED) is 0.900. The first-order valence-corrected chi connectivity index (χ1v) is 5.92. The molecule has 18 heavy (non-hydrogen) atoms. The van der Waals surface area contributed by atoms with Gasteiger partial charge in [-0.2, -0.15) is 13.2 Å². The van der Waals surface area contributed by atoms with Gasteiger partial charge in [0.2, 0.25) is 0 Å². The summed E-state index contributed by atoms with van der Waals surface area (Å²) in [6.45, 7) is 1.57. The fourth-order valence-electron chi connectivity index (χ4n) is 2.22. The van der Waals surface area contributed by atoms with Crippen LogP contribution in [-0.2, 0) is 4.74 Å². The van der Waals surface area contributed by atoms with Crippen molar-refractivity contribution < 1.29 is 17.9 Å². The number of ether oxygens (including phenoxy) is 1. The number of nitrogens with one attached hydrogen (secondary N) is 1. The van der Waals surface area contributed by atoms with E-state index in [0.29, 0.717) is 0 Å². The number of hydrogen-bond acceptors (Lipinski definition) is 2. The van der Waals surface area contributed by atoms with Crippen molar-refractivity contribution in [2.24, 2.45) is 0 Å². The Morgan fingerprint density at radius 3 is 2.44 bits per heavy atom. The zero-order valence-electron chi connectivity index (χ0n) is 10.1. The third-order valence-electron chi connectivity index (χ3n) is 3.36. The van der Waals surface area contributed by atoms with Gasteiger partial charge < -0.3 is 4.74 Å². The maximum absolute atomic E-state index is 13.1. The highest BCUT2D eigenvalue weighted by Gasteiger charge is 2.57. The molecule has 0 amide bonds. The minimum atomic E-state index is -4.30. The van der Waals surface area contributed by atoms with E-state index in [1.54, 1.807) is 6.92 Å². The molecule has 1 N–H and O–H groups in total. The van der Waals surface area contributed by atoms with Crippen LogP contribution < -0.4 is 5.32 Å². The molecule has 2 rings (SSSR count). The predicted octanol–water partition coefficient (Wildman–Crippen LogP) is 3.06. The van der Waals surface area contributed by atoms with Gasteiger partial charge in [-0.1, -0.05) is 30.3 Å². The van der Waals surface area contributed by atoms with Crippen molar-refractivity contribution in [3.05, 3.63) is 35.9 Å². The second-order valence-electron chi connectivity index (χ2n) is 4.66. The maximum atomic E-state index is 13.1. The molecule has 1 saturated heterocycles. The topological polar surface area (TPSA) is 21.3 Å². The summed E-state index contributed by atoms with van der Waals surface area (Å²) in [6.07, 6.45) is -4.33. The summed E-state index contributed by atoms with van der Waals surface area (Å²) in [5, 5.41) is 2.70. The SMILES string of the molecule is C[C@H](N[C@@]1(C(F)(F)F)CCOC1)c1ccccc1. The van der Waals surface area contributed by atoms with Gasteiger partial charge in [-0.25, -0.2) is 0 Å². The molecular formula is C13H16F3NO. The summed E-state index contributed by atoms with van der Waals surface area (Å²) in [4.78, 5) is 0. The lowest BCUT2D eigenvalue weighted by atomic mass is 9.95. The highest BCUT2D eigenvalue weighted by atomic mass is 19.4. The van der Waals surface area contributed by atoms with Crippen molar-refractivity contribution in [1.82, 2.24) is 5.32 Å². The van der Waals surface area contributed by atoms with Crippen molar-refractivity contribution in [3.8, 4) is 0 Å². The van der Waals surface area contributed by atoms with Crippen molar-refractivity contribution in [2.75, 3.05) is 13.2 Å². The standard InChI is InChI=1S/C13H16F3NO/c1-10(11-5-3-2-4-6-11)17-12(13(14,15)16)7-8-18-9-12/h2-6,10,17H,7-9H2,1H3/t10-,12-/m0/s1. The zero-order chi connectivity index (χ0) is 13.2. The maximum Gasteiger partial charge on any atom is 0.408 e. The van der Waals surface area contributed by atoms with E-state index in [1.807, 2.05) is 30.3 Å². The normalized spacial score (nSPS) is 26.2. The largest absolute Gasteiger partial charge is 0.408 e. The van der Waals surface area contributed by atoms with E-state index in [4.69, 9.17) is 4.74 Å². The van der Waals surface area contributed by atoms with E-state index in [2.05, 4.69) is 5.32 Å². The fourth-order valence-corrected chi connectivity index (χ4v) is 2.22. The molecule has 0 radical (unpaired) electrons. The lowest BCUT2D eigenvalue weighted by Gasteiger charge is -2.34. The molecule has 0 spiro atoms. The van der Waals surface area contributed by atoms with E-state index in [-0.39, 0.29) is 25.7 Å². The molecule has 0 unspecified atom stereocenters. The molecule has 0 aliphatic carbocycles. The Bertz CT molecular complexity index is 385. The fraction of sp³-hybridized carbons (Fsp3) is 0.538. The Morgan fingerprint density at radius 1 is 1.28 bits per heavy atom. The van der Waals surface area contributed by atoms with Gasteiger partial charge in [-0.05, 0) is 12.5 Å². The molecule has 1 aromatic rings. The predicted molar refractivity (Wildman–Crippen MR) is 62.2 cm³/mol. The third-order valence-corrected chi connectivity index (χ3v) is 3.36. The summed E-state index contributed by atoms with van der Waals surface area (Å²) in [6, 6.07) is 8.75. The Hall–Kier alpha value is -1.07. The van der Waals surface area contributed by atoms with Crippen LogP contribution in [0.4, 0.5) is 13.2 Å². The molecule has 0 saturated carbocycles. The van der Waals surface area contributed by atoms with Gasteiger partial charge >= 0.3 is 6.18 Å². The summed E-state index contributed by atoms with van der Waals surface area (Å²) < 4.78 is 44.4. The smallest absolute Gasteiger partial charge is 0.379 e. The van der Waals surface area contributed by atoms with E-state index in [9.17, 15) is 13.2 Å². The monoisotopic (exact) mass is 259 g/mol. The molecule has 2 nitrogen and oxygen atoms in total. The molecule has 0 aromatic heterocycles. The van der Waals surface area contributed by atoms with Crippen LogP contribution in [0.15, 0.2) is 30.3 Å². The van der Waals surface area contributed by atoms with Crippen LogP contribution >= 0.6 is 0 Å². The van der Waals surface area contributed by atoms with Crippen LogP contribution in [0.2, 0.25) is 0 Å². The highest BCUT2D eigenvalue weighted by molar-refractivity contribution is 5.19. The van der Waals surface area contributed by atoms with Crippen LogP contribution in [0.5, 0.6) is 0 Å². The summed E-state index contributed by atoms with van der Waals surface area (Å²) in [7, 11) is 0. The van der Waals surface area contributed by atoms with Crippen LogP contribution in [0, 0.1) is 0 Å². The first-order valence-electron chi connectivity index (χ1n) is 5.92. The lowest BCUT2D eigenvalue weighted by Crippen LogP contribution is -2.58. The summed E-state index contributed by atoms with van der Waals surface area (Å²) in [5.74, 6) is 0. The third kappa shape index (κ3) is 2.52. The van der Waals surface area contributed by atoms with Gasteiger partial charge in [0.1, 0.15) is 5.54 Å². The van der Waals surface area contributed by atoms with Crippen molar-refractivity contribution in [1.29, 1.82) is 0 Å². The Balaban J connectivity index is 2.16. The van der Waals surface area contributed by atoms with Crippen LogP contribution in [0.3, 0.4) is 0 Å². The molecule has 1 aliphatic rings. The minimum absolute atomic E-state index is 0.0341. The molecule has 1 fully saturated rings. The highest BCUT2D eigenvalue weighted by Crippen LogP contribution is 2.38. The first-order chi connectivity index (χ1) is 8.45. The van der Waals surface area contributed by atoms with Gasteiger partial charge in [0.25, 0.3) is 0 Å². The first kappa shape index (κ1) is 13.4. The molecule has 1 aromatic carbocycles. The number of rotatable bonds is 3. The second-order valence-corrected chi connectivity index (χ2v) is 4.66. The van der Waals surface area contributed by atoms with Gasteiger partial charge in [0.15, 0.2) is 0 Å². The van der Waals surface area contributed by atoms with Crippen LogP contribution in [0.1, 0.15) is 24.9 Å². The number of halogens is 3. The Morgan fingerprint density at radius 2 is 1.94 bits per heavy atom. The molecule has 100 valence electrons. The second kappa shape index (κ2) is 4.90.